The summed E-state index contributed by atoms with van der Waals surface area (Å²) >= 11 is 0. The predicted octanol–water partition coefficient (Wildman–Crippen LogP) is 3.81. The van der Waals surface area contributed by atoms with Gasteiger partial charge in [-0.15, -0.1) is 0 Å². The Morgan fingerprint density at radius 3 is 2.32 bits per heavy atom. The fraction of sp³-hybridized carbons (Fsp3) is 0.524. The Labute approximate surface area is 149 Å². The molecule has 1 aliphatic carbocycles. The highest BCUT2D eigenvalue weighted by molar-refractivity contribution is 5.92. The summed E-state index contributed by atoms with van der Waals surface area (Å²) in [5, 5.41) is 0. The highest BCUT2D eigenvalue weighted by atomic mass is 16.5. The minimum atomic E-state index is -0.0566. The molecule has 1 heterocycles. The van der Waals surface area contributed by atoms with Gasteiger partial charge in [-0.3, -0.25) is 9.59 Å². The van der Waals surface area contributed by atoms with E-state index in [1.807, 2.05) is 41.3 Å². The van der Waals surface area contributed by atoms with Crippen LogP contribution in [0.4, 0.5) is 0 Å². The molecule has 3 rings (SSSR count). The molecule has 2 aliphatic rings. The minimum Gasteiger partial charge on any atom is -0.462 e. The molecule has 0 radical (unpaired) electrons. The first-order chi connectivity index (χ1) is 12.2. The van der Waals surface area contributed by atoms with Crippen LogP contribution in [-0.4, -0.2) is 36.0 Å². The third kappa shape index (κ3) is 5.18. The largest absolute Gasteiger partial charge is 0.462 e. The summed E-state index contributed by atoms with van der Waals surface area (Å²) in [6, 6.07) is 9.80. The molecule has 134 valence electrons. The molecule has 4 nitrogen and oxygen atoms in total. The summed E-state index contributed by atoms with van der Waals surface area (Å²) in [6.45, 7) is 1.25. The van der Waals surface area contributed by atoms with Gasteiger partial charge >= 0.3 is 5.97 Å². The average Bonchev–Trinajstić information content (AvgIpc) is 2.68. The second-order valence-corrected chi connectivity index (χ2v) is 7.04. The molecule has 2 fully saturated rings. The van der Waals surface area contributed by atoms with Gasteiger partial charge in [-0.1, -0.05) is 36.8 Å². The van der Waals surface area contributed by atoms with E-state index >= 15 is 0 Å². The summed E-state index contributed by atoms with van der Waals surface area (Å²) in [4.78, 5) is 26.4. The van der Waals surface area contributed by atoms with Gasteiger partial charge in [-0.2, -0.15) is 0 Å². The molecular formula is C21H27NO3. The van der Waals surface area contributed by atoms with E-state index in [2.05, 4.69) is 0 Å². The van der Waals surface area contributed by atoms with E-state index in [1.54, 1.807) is 6.08 Å². The molecule has 0 bridgehead atoms. The zero-order chi connectivity index (χ0) is 17.5. The zero-order valence-electron chi connectivity index (χ0n) is 14.7. The molecule has 25 heavy (non-hydrogen) atoms. The Morgan fingerprint density at radius 1 is 0.960 bits per heavy atom. The van der Waals surface area contributed by atoms with Crippen LogP contribution in [0.25, 0.3) is 6.08 Å². The van der Waals surface area contributed by atoms with Crippen LogP contribution in [0.3, 0.4) is 0 Å². The molecule has 1 saturated carbocycles. The van der Waals surface area contributed by atoms with Crippen molar-refractivity contribution in [3.63, 3.8) is 0 Å². The molecular weight excluding hydrogens is 314 g/mol. The Kier molecular flexibility index (Phi) is 6.26. The van der Waals surface area contributed by atoms with E-state index in [1.165, 1.54) is 19.3 Å². The number of hydrogen-bond donors (Lipinski definition) is 0. The summed E-state index contributed by atoms with van der Waals surface area (Å²) in [6.07, 6.45) is 10.6. The van der Waals surface area contributed by atoms with Crippen molar-refractivity contribution in [3.05, 3.63) is 42.0 Å². The van der Waals surface area contributed by atoms with Crippen molar-refractivity contribution in [2.75, 3.05) is 13.1 Å². The standard InChI is InChI=1S/C21H27NO3/c23-20(12-11-17-7-3-1-4-8-17)22-15-13-18(14-16-22)21(24)25-19-9-5-2-6-10-19/h1,3-4,7-8,11-12,18-19H,2,5-6,9-10,13-16H2/b12-11+. The van der Waals surface area contributed by atoms with Gasteiger partial charge in [0, 0.05) is 19.2 Å². The molecule has 1 aliphatic heterocycles. The maximum Gasteiger partial charge on any atom is 0.309 e. The van der Waals surface area contributed by atoms with Crippen LogP contribution in [-0.2, 0) is 14.3 Å². The highest BCUT2D eigenvalue weighted by Crippen LogP contribution is 2.24. The number of esters is 1. The van der Waals surface area contributed by atoms with Crippen LogP contribution in [0.5, 0.6) is 0 Å². The Balaban J connectivity index is 1.44. The van der Waals surface area contributed by atoms with Crippen LogP contribution in [0, 0.1) is 5.92 Å². The molecule has 0 N–H and O–H groups in total. The maximum absolute atomic E-state index is 12.3. The lowest BCUT2D eigenvalue weighted by Crippen LogP contribution is -2.40. The van der Waals surface area contributed by atoms with Crippen molar-refractivity contribution in [2.45, 2.75) is 51.0 Å². The fourth-order valence-corrected chi connectivity index (χ4v) is 3.62. The third-order valence-corrected chi connectivity index (χ3v) is 5.19. The summed E-state index contributed by atoms with van der Waals surface area (Å²) in [5.41, 5.74) is 1.02. The predicted molar refractivity (Wildman–Crippen MR) is 97.7 cm³/mol. The molecule has 0 spiro atoms. The zero-order valence-corrected chi connectivity index (χ0v) is 14.7. The molecule has 1 aromatic rings. The number of ether oxygens (including phenoxy) is 1. The van der Waals surface area contributed by atoms with E-state index in [0.717, 1.165) is 18.4 Å². The lowest BCUT2D eigenvalue weighted by molar-refractivity contribution is -0.158. The second kappa shape index (κ2) is 8.84. The number of nitrogens with zero attached hydrogens (tertiary/aromatic N) is 1. The Morgan fingerprint density at radius 2 is 1.64 bits per heavy atom. The molecule has 0 atom stereocenters. The minimum absolute atomic E-state index is 0.0166. The molecule has 4 heteroatoms. The number of amides is 1. The fourth-order valence-electron chi connectivity index (χ4n) is 3.62. The van der Waals surface area contributed by atoms with Gasteiger partial charge in [0.1, 0.15) is 6.10 Å². The molecule has 1 saturated heterocycles. The van der Waals surface area contributed by atoms with Gasteiger partial charge < -0.3 is 9.64 Å². The summed E-state index contributed by atoms with van der Waals surface area (Å²) < 4.78 is 5.68. The monoisotopic (exact) mass is 341 g/mol. The van der Waals surface area contributed by atoms with Gasteiger partial charge in [0.15, 0.2) is 0 Å². The van der Waals surface area contributed by atoms with Crippen LogP contribution in [0.1, 0.15) is 50.5 Å². The average molecular weight is 341 g/mol. The first-order valence-corrected chi connectivity index (χ1v) is 9.45. The van der Waals surface area contributed by atoms with Crippen molar-refractivity contribution < 1.29 is 14.3 Å². The van der Waals surface area contributed by atoms with Gasteiger partial charge in [-0.05, 0) is 50.2 Å². The quantitative estimate of drug-likeness (QED) is 0.618. The summed E-state index contributed by atoms with van der Waals surface area (Å²) in [7, 11) is 0. The number of benzene rings is 1. The van der Waals surface area contributed by atoms with Crippen molar-refractivity contribution in [2.24, 2.45) is 5.92 Å². The topological polar surface area (TPSA) is 46.6 Å². The first kappa shape index (κ1) is 17.7. The molecule has 0 unspecified atom stereocenters. The SMILES string of the molecule is O=C(OC1CCCCC1)C1CCN(C(=O)/C=C/c2ccccc2)CC1. The lowest BCUT2D eigenvalue weighted by atomic mass is 9.95. The first-order valence-electron chi connectivity index (χ1n) is 9.45. The van der Waals surface area contributed by atoms with Crippen LogP contribution >= 0.6 is 0 Å². The normalized spacial score (nSPS) is 19.9. The highest BCUT2D eigenvalue weighted by Gasteiger charge is 2.29. The van der Waals surface area contributed by atoms with E-state index in [0.29, 0.717) is 25.9 Å². The number of carbonyl (C=O) groups is 2. The van der Waals surface area contributed by atoms with E-state index in [4.69, 9.17) is 4.74 Å². The second-order valence-electron chi connectivity index (χ2n) is 7.04. The lowest BCUT2D eigenvalue weighted by Gasteiger charge is -2.31. The van der Waals surface area contributed by atoms with Crippen LogP contribution < -0.4 is 0 Å². The van der Waals surface area contributed by atoms with Crippen molar-refractivity contribution in [1.82, 2.24) is 4.90 Å². The number of carbonyl (C=O) groups excluding carboxylic acids is 2. The Bertz CT molecular complexity index is 597. The molecule has 0 aromatic heterocycles. The van der Waals surface area contributed by atoms with Gasteiger partial charge in [0.05, 0.1) is 5.92 Å². The molecule has 1 amide bonds. The number of piperidine rings is 1. The van der Waals surface area contributed by atoms with Gasteiger partial charge in [0.25, 0.3) is 0 Å². The van der Waals surface area contributed by atoms with Crippen LogP contribution in [0.15, 0.2) is 36.4 Å². The third-order valence-electron chi connectivity index (χ3n) is 5.19. The number of hydrogen-bond acceptors (Lipinski definition) is 3. The van der Waals surface area contributed by atoms with Gasteiger partial charge in [0.2, 0.25) is 5.91 Å². The van der Waals surface area contributed by atoms with Crippen molar-refractivity contribution in [1.29, 1.82) is 0 Å². The Hall–Kier alpha value is -2.10. The molecule has 1 aromatic carbocycles. The van der Waals surface area contributed by atoms with Crippen molar-refractivity contribution in [3.8, 4) is 0 Å². The number of likely N-dealkylation sites (tertiary alicyclic amines) is 1. The maximum atomic E-state index is 12.3. The summed E-state index contributed by atoms with van der Waals surface area (Å²) in [5.74, 6) is -0.0918. The van der Waals surface area contributed by atoms with Gasteiger partial charge in [-0.25, -0.2) is 0 Å². The van der Waals surface area contributed by atoms with E-state index in [9.17, 15) is 9.59 Å². The number of rotatable bonds is 4. The van der Waals surface area contributed by atoms with Crippen LogP contribution in [0.2, 0.25) is 0 Å². The van der Waals surface area contributed by atoms with E-state index < -0.39 is 0 Å². The van der Waals surface area contributed by atoms with Crippen molar-refractivity contribution >= 4 is 18.0 Å². The van der Waals surface area contributed by atoms with E-state index in [-0.39, 0.29) is 23.9 Å². The smallest absolute Gasteiger partial charge is 0.309 e.